The highest BCUT2D eigenvalue weighted by molar-refractivity contribution is 5.90. The number of carbonyl (C=O) groups is 1. The number of nitrogens with one attached hydrogen (secondary N) is 2. The van der Waals surface area contributed by atoms with Gasteiger partial charge in [-0.2, -0.15) is 0 Å². The van der Waals surface area contributed by atoms with Crippen molar-refractivity contribution in [3.05, 3.63) is 84.2 Å². The van der Waals surface area contributed by atoms with E-state index in [-0.39, 0.29) is 12.1 Å². The van der Waals surface area contributed by atoms with E-state index in [2.05, 4.69) is 32.7 Å². The van der Waals surface area contributed by atoms with Crippen LogP contribution in [0.2, 0.25) is 0 Å². The molecule has 1 aliphatic rings. The smallest absolute Gasteiger partial charge is 0.319 e. The molecular weight excluding hydrogens is 392 g/mol. The van der Waals surface area contributed by atoms with Crippen molar-refractivity contribution in [1.29, 1.82) is 0 Å². The SMILES string of the molecule is COCCN1CC(c2ccccc2)Oc2cc(NC(=O)NCc3ccncc3)ccc21. The molecular formula is C24H26N4O3. The lowest BCUT2D eigenvalue weighted by Crippen LogP contribution is -2.37. The third-order valence-electron chi connectivity index (χ3n) is 5.15. The van der Waals surface area contributed by atoms with Gasteiger partial charge in [0.1, 0.15) is 11.9 Å². The minimum atomic E-state index is -0.275. The number of pyridine rings is 1. The summed E-state index contributed by atoms with van der Waals surface area (Å²) in [5.41, 5.74) is 3.76. The average molecular weight is 418 g/mol. The Morgan fingerprint density at radius 1 is 1.16 bits per heavy atom. The summed E-state index contributed by atoms with van der Waals surface area (Å²) in [5, 5.41) is 5.74. The maximum Gasteiger partial charge on any atom is 0.319 e. The van der Waals surface area contributed by atoms with Gasteiger partial charge in [0.05, 0.1) is 18.8 Å². The van der Waals surface area contributed by atoms with Crippen LogP contribution in [-0.4, -0.2) is 37.8 Å². The van der Waals surface area contributed by atoms with E-state index < -0.39 is 0 Å². The molecule has 0 radical (unpaired) electrons. The van der Waals surface area contributed by atoms with Crippen LogP contribution >= 0.6 is 0 Å². The largest absolute Gasteiger partial charge is 0.482 e. The van der Waals surface area contributed by atoms with Gasteiger partial charge in [-0.05, 0) is 35.4 Å². The van der Waals surface area contributed by atoms with Gasteiger partial charge in [0.2, 0.25) is 0 Å². The number of urea groups is 1. The number of benzene rings is 2. The molecule has 2 aromatic carbocycles. The van der Waals surface area contributed by atoms with E-state index in [4.69, 9.17) is 9.47 Å². The van der Waals surface area contributed by atoms with E-state index in [0.29, 0.717) is 18.8 Å². The zero-order valence-electron chi connectivity index (χ0n) is 17.5. The molecule has 4 rings (SSSR count). The van der Waals surface area contributed by atoms with Crippen molar-refractivity contribution in [2.45, 2.75) is 12.6 Å². The molecule has 1 unspecified atom stereocenters. The lowest BCUT2D eigenvalue weighted by molar-refractivity contribution is 0.178. The number of nitrogens with zero attached hydrogens (tertiary/aromatic N) is 2. The van der Waals surface area contributed by atoms with Gasteiger partial charge in [0.25, 0.3) is 0 Å². The van der Waals surface area contributed by atoms with E-state index >= 15 is 0 Å². The van der Waals surface area contributed by atoms with Crippen LogP contribution in [0.4, 0.5) is 16.2 Å². The maximum atomic E-state index is 12.3. The van der Waals surface area contributed by atoms with E-state index in [0.717, 1.165) is 35.7 Å². The lowest BCUT2D eigenvalue weighted by atomic mass is 10.1. The molecule has 0 spiro atoms. The number of methoxy groups -OCH3 is 1. The number of fused-ring (bicyclic) bond motifs is 1. The highest BCUT2D eigenvalue weighted by Gasteiger charge is 2.27. The average Bonchev–Trinajstić information content (AvgIpc) is 2.82. The van der Waals surface area contributed by atoms with E-state index in [1.165, 1.54) is 0 Å². The van der Waals surface area contributed by atoms with Crippen LogP contribution in [0.1, 0.15) is 17.2 Å². The van der Waals surface area contributed by atoms with Crippen LogP contribution < -0.4 is 20.3 Å². The second-order valence-corrected chi connectivity index (χ2v) is 7.30. The quantitative estimate of drug-likeness (QED) is 0.607. The standard InChI is InChI=1S/C24H26N4O3/c1-30-14-13-28-17-23(19-5-3-2-4-6-19)31-22-15-20(7-8-21(22)28)27-24(29)26-16-18-9-11-25-12-10-18/h2-12,15,23H,13-14,16-17H2,1H3,(H2,26,27,29). The molecule has 0 saturated carbocycles. The van der Waals surface area contributed by atoms with Crippen molar-refractivity contribution in [3.63, 3.8) is 0 Å². The number of hydrogen-bond donors (Lipinski definition) is 2. The molecule has 1 aromatic heterocycles. The zero-order valence-corrected chi connectivity index (χ0v) is 17.5. The van der Waals surface area contributed by atoms with Crippen molar-refractivity contribution < 1.29 is 14.3 Å². The third kappa shape index (κ3) is 5.32. The Balaban J connectivity index is 1.48. The first-order valence-corrected chi connectivity index (χ1v) is 10.3. The second kappa shape index (κ2) is 9.95. The Labute approximate surface area is 182 Å². The number of anilines is 2. The molecule has 1 aliphatic heterocycles. The summed E-state index contributed by atoms with van der Waals surface area (Å²) < 4.78 is 11.6. The van der Waals surface area contributed by atoms with E-state index in [9.17, 15) is 4.79 Å². The fourth-order valence-electron chi connectivity index (χ4n) is 3.55. The predicted octanol–water partition coefficient (Wildman–Crippen LogP) is 3.99. The molecule has 160 valence electrons. The minimum absolute atomic E-state index is 0.0960. The Bertz CT molecular complexity index is 998. The molecule has 2 amide bonds. The zero-order chi connectivity index (χ0) is 21.5. The first-order chi connectivity index (χ1) is 15.2. The summed E-state index contributed by atoms with van der Waals surface area (Å²) in [6, 6.07) is 19.3. The topological polar surface area (TPSA) is 75.7 Å². The lowest BCUT2D eigenvalue weighted by Gasteiger charge is -2.36. The normalized spacial score (nSPS) is 15.0. The summed E-state index contributed by atoms with van der Waals surface area (Å²) in [6.45, 7) is 2.55. The fourth-order valence-corrected chi connectivity index (χ4v) is 3.55. The number of ether oxygens (including phenoxy) is 2. The fraction of sp³-hybridized carbons (Fsp3) is 0.250. The number of aromatic nitrogens is 1. The van der Waals surface area contributed by atoms with Crippen LogP contribution in [0.5, 0.6) is 5.75 Å². The van der Waals surface area contributed by atoms with Crippen molar-refractivity contribution in [3.8, 4) is 5.75 Å². The Morgan fingerprint density at radius 2 is 1.97 bits per heavy atom. The molecule has 1 atom stereocenters. The molecule has 7 heteroatoms. The van der Waals surface area contributed by atoms with Gasteiger partial charge in [-0.15, -0.1) is 0 Å². The molecule has 3 aromatic rings. The summed E-state index contributed by atoms with van der Waals surface area (Å²) in [6.07, 6.45) is 3.31. The maximum absolute atomic E-state index is 12.3. The summed E-state index contributed by atoms with van der Waals surface area (Å²) in [7, 11) is 1.70. The first-order valence-electron chi connectivity index (χ1n) is 10.3. The molecule has 31 heavy (non-hydrogen) atoms. The van der Waals surface area contributed by atoms with Crippen LogP contribution in [0.25, 0.3) is 0 Å². The van der Waals surface area contributed by atoms with Gasteiger partial charge >= 0.3 is 6.03 Å². The molecule has 7 nitrogen and oxygen atoms in total. The molecule has 0 aliphatic carbocycles. The van der Waals surface area contributed by atoms with Gasteiger partial charge < -0.3 is 25.0 Å². The molecule has 0 fully saturated rings. The summed E-state index contributed by atoms with van der Waals surface area (Å²) in [4.78, 5) is 18.6. The summed E-state index contributed by atoms with van der Waals surface area (Å²) >= 11 is 0. The number of amides is 2. The van der Waals surface area contributed by atoms with Crippen molar-refractivity contribution in [2.75, 3.05) is 37.0 Å². The van der Waals surface area contributed by atoms with E-state index in [1.807, 2.05) is 48.5 Å². The van der Waals surface area contributed by atoms with Crippen LogP contribution in [0.15, 0.2) is 73.1 Å². The van der Waals surface area contributed by atoms with Crippen LogP contribution in [0, 0.1) is 0 Å². The van der Waals surface area contributed by atoms with Gasteiger partial charge in [-0.25, -0.2) is 4.79 Å². The van der Waals surface area contributed by atoms with Gasteiger partial charge in [-0.1, -0.05) is 30.3 Å². The number of carbonyl (C=O) groups excluding carboxylic acids is 1. The Hall–Kier alpha value is -3.58. The minimum Gasteiger partial charge on any atom is -0.482 e. The Morgan fingerprint density at radius 3 is 2.74 bits per heavy atom. The molecule has 2 heterocycles. The van der Waals surface area contributed by atoms with Crippen molar-refractivity contribution >= 4 is 17.4 Å². The molecule has 2 N–H and O–H groups in total. The molecule has 0 bridgehead atoms. The summed E-state index contributed by atoms with van der Waals surface area (Å²) in [5.74, 6) is 0.739. The van der Waals surface area contributed by atoms with E-state index in [1.54, 1.807) is 19.5 Å². The van der Waals surface area contributed by atoms with Crippen LogP contribution in [0.3, 0.4) is 0 Å². The third-order valence-corrected chi connectivity index (χ3v) is 5.15. The van der Waals surface area contributed by atoms with Gasteiger partial charge in [-0.3, -0.25) is 4.98 Å². The molecule has 0 saturated heterocycles. The number of rotatable bonds is 7. The number of hydrogen-bond acceptors (Lipinski definition) is 5. The predicted molar refractivity (Wildman–Crippen MR) is 120 cm³/mol. The van der Waals surface area contributed by atoms with Gasteiger partial charge in [0, 0.05) is 44.3 Å². The highest BCUT2D eigenvalue weighted by Crippen LogP contribution is 2.39. The Kier molecular flexibility index (Phi) is 6.64. The monoisotopic (exact) mass is 418 g/mol. The second-order valence-electron chi connectivity index (χ2n) is 7.30. The van der Waals surface area contributed by atoms with Crippen molar-refractivity contribution in [2.24, 2.45) is 0 Å². The van der Waals surface area contributed by atoms with Gasteiger partial charge in [0.15, 0.2) is 0 Å². The van der Waals surface area contributed by atoms with Crippen molar-refractivity contribution in [1.82, 2.24) is 10.3 Å². The first kappa shape index (κ1) is 20.7. The van der Waals surface area contributed by atoms with Crippen LogP contribution in [-0.2, 0) is 11.3 Å². The highest BCUT2D eigenvalue weighted by atomic mass is 16.5.